The van der Waals surface area contributed by atoms with Crippen LogP contribution in [0, 0.1) is 0 Å². The standard InChI is InChI=1S/C19H16N8O/c28-19(17-9-16(6-7-21-17)27-11-20-10-23-27)24-14-3-1-2-13(8-14)18-25-22-12-26(18)15-4-5-15/h1-3,6-12,15H,4-5H2,(H,24,28). The third-order valence-corrected chi connectivity index (χ3v) is 4.55. The van der Waals surface area contributed by atoms with E-state index in [0.29, 0.717) is 23.1 Å². The van der Waals surface area contributed by atoms with Crippen LogP contribution in [0.1, 0.15) is 29.4 Å². The fourth-order valence-electron chi connectivity index (χ4n) is 3.03. The summed E-state index contributed by atoms with van der Waals surface area (Å²) in [6, 6.07) is 11.5. The van der Waals surface area contributed by atoms with Crippen LogP contribution in [0.2, 0.25) is 0 Å². The van der Waals surface area contributed by atoms with E-state index < -0.39 is 0 Å². The van der Waals surface area contributed by atoms with Gasteiger partial charge in [0.2, 0.25) is 0 Å². The Balaban J connectivity index is 1.38. The molecule has 1 N–H and O–H groups in total. The Labute approximate surface area is 160 Å². The van der Waals surface area contributed by atoms with E-state index in [9.17, 15) is 4.79 Å². The number of amides is 1. The fraction of sp³-hybridized carbons (Fsp3) is 0.158. The topological polar surface area (TPSA) is 103 Å². The van der Waals surface area contributed by atoms with E-state index in [0.717, 1.165) is 24.2 Å². The first-order valence-electron chi connectivity index (χ1n) is 8.90. The first kappa shape index (κ1) is 16.3. The molecule has 0 aliphatic heterocycles. The monoisotopic (exact) mass is 372 g/mol. The molecule has 1 aliphatic rings. The summed E-state index contributed by atoms with van der Waals surface area (Å²) >= 11 is 0. The molecule has 28 heavy (non-hydrogen) atoms. The Kier molecular flexibility index (Phi) is 3.90. The highest BCUT2D eigenvalue weighted by Gasteiger charge is 2.26. The molecule has 1 saturated carbocycles. The average molecular weight is 372 g/mol. The smallest absolute Gasteiger partial charge is 0.274 e. The lowest BCUT2D eigenvalue weighted by Crippen LogP contribution is -2.14. The maximum atomic E-state index is 12.7. The molecule has 0 bridgehead atoms. The maximum absolute atomic E-state index is 12.7. The molecule has 1 fully saturated rings. The summed E-state index contributed by atoms with van der Waals surface area (Å²) in [5.74, 6) is 0.507. The molecular weight excluding hydrogens is 356 g/mol. The Morgan fingerprint density at radius 2 is 2.07 bits per heavy atom. The minimum Gasteiger partial charge on any atom is -0.321 e. The molecule has 0 saturated heterocycles. The molecule has 9 nitrogen and oxygen atoms in total. The molecule has 1 aromatic carbocycles. The van der Waals surface area contributed by atoms with Gasteiger partial charge >= 0.3 is 0 Å². The van der Waals surface area contributed by atoms with E-state index in [1.54, 1.807) is 35.7 Å². The number of anilines is 1. The van der Waals surface area contributed by atoms with Gasteiger partial charge in [0.05, 0.1) is 5.69 Å². The molecule has 1 amide bonds. The van der Waals surface area contributed by atoms with Crippen molar-refractivity contribution in [1.29, 1.82) is 0 Å². The molecule has 0 spiro atoms. The zero-order valence-electron chi connectivity index (χ0n) is 14.8. The number of carbonyl (C=O) groups is 1. The molecule has 138 valence electrons. The Hall–Kier alpha value is -3.88. The van der Waals surface area contributed by atoms with Crippen LogP contribution in [0.25, 0.3) is 17.1 Å². The zero-order chi connectivity index (χ0) is 18.9. The number of nitrogens with one attached hydrogen (secondary N) is 1. The number of rotatable bonds is 5. The normalized spacial score (nSPS) is 13.4. The molecule has 3 aromatic heterocycles. The molecule has 3 heterocycles. The number of nitrogens with zero attached hydrogens (tertiary/aromatic N) is 7. The van der Waals surface area contributed by atoms with Crippen molar-refractivity contribution in [2.75, 3.05) is 5.32 Å². The van der Waals surface area contributed by atoms with Crippen LogP contribution in [-0.4, -0.2) is 40.4 Å². The number of aromatic nitrogens is 7. The highest BCUT2D eigenvalue weighted by Crippen LogP contribution is 2.37. The van der Waals surface area contributed by atoms with Gasteiger partial charge in [0.1, 0.15) is 24.7 Å². The van der Waals surface area contributed by atoms with Gasteiger partial charge in [-0.05, 0) is 37.1 Å². The van der Waals surface area contributed by atoms with Crippen molar-refractivity contribution in [3.63, 3.8) is 0 Å². The SMILES string of the molecule is O=C(Nc1cccc(-c2nncn2C2CC2)c1)c1cc(-n2cncn2)ccn1. The van der Waals surface area contributed by atoms with Crippen molar-refractivity contribution in [2.45, 2.75) is 18.9 Å². The molecule has 0 radical (unpaired) electrons. The van der Waals surface area contributed by atoms with Crippen molar-refractivity contribution >= 4 is 11.6 Å². The van der Waals surface area contributed by atoms with Gasteiger partial charge in [-0.15, -0.1) is 10.2 Å². The first-order valence-corrected chi connectivity index (χ1v) is 8.90. The van der Waals surface area contributed by atoms with E-state index in [-0.39, 0.29) is 5.91 Å². The van der Waals surface area contributed by atoms with Crippen molar-refractivity contribution in [2.24, 2.45) is 0 Å². The van der Waals surface area contributed by atoms with Crippen LogP contribution < -0.4 is 5.32 Å². The van der Waals surface area contributed by atoms with Gasteiger partial charge in [-0.25, -0.2) is 9.67 Å². The number of carbonyl (C=O) groups excluding carboxylic acids is 1. The quantitative estimate of drug-likeness (QED) is 0.577. The summed E-state index contributed by atoms with van der Waals surface area (Å²) < 4.78 is 3.66. The predicted molar refractivity (Wildman–Crippen MR) is 101 cm³/mol. The lowest BCUT2D eigenvalue weighted by Gasteiger charge is -2.09. The molecule has 5 rings (SSSR count). The molecule has 4 aromatic rings. The summed E-state index contributed by atoms with van der Waals surface area (Å²) in [4.78, 5) is 20.7. The Bertz CT molecular complexity index is 1130. The largest absolute Gasteiger partial charge is 0.321 e. The van der Waals surface area contributed by atoms with Crippen LogP contribution in [0.4, 0.5) is 5.69 Å². The van der Waals surface area contributed by atoms with Crippen LogP contribution in [0.3, 0.4) is 0 Å². The highest BCUT2D eigenvalue weighted by atomic mass is 16.1. The number of hydrogen-bond acceptors (Lipinski definition) is 6. The van der Waals surface area contributed by atoms with Crippen molar-refractivity contribution in [1.82, 2.24) is 34.5 Å². The van der Waals surface area contributed by atoms with Crippen molar-refractivity contribution < 1.29 is 4.79 Å². The van der Waals surface area contributed by atoms with Gasteiger partial charge in [0, 0.05) is 23.5 Å². The Morgan fingerprint density at radius 1 is 1.14 bits per heavy atom. The van der Waals surface area contributed by atoms with Gasteiger partial charge in [-0.2, -0.15) is 5.10 Å². The lowest BCUT2D eigenvalue weighted by molar-refractivity contribution is 0.102. The summed E-state index contributed by atoms with van der Waals surface area (Å²) in [5.41, 5.74) is 2.58. The van der Waals surface area contributed by atoms with Gasteiger partial charge in [-0.1, -0.05) is 12.1 Å². The second-order valence-corrected chi connectivity index (χ2v) is 6.57. The molecule has 9 heteroatoms. The Morgan fingerprint density at radius 3 is 2.89 bits per heavy atom. The second-order valence-electron chi connectivity index (χ2n) is 6.57. The van der Waals surface area contributed by atoms with Crippen LogP contribution in [0.5, 0.6) is 0 Å². The maximum Gasteiger partial charge on any atom is 0.274 e. The third-order valence-electron chi connectivity index (χ3n) is 4.55. The van der Waals surface area contributed by atoms with Crippen molar-refractivity contribution in [3.05, 3.63) is 67.3 Å². The van der Waals surface area contributed by atoms with Gasteiger partial charge in [0.15, 0.2) is 5.82 Å². The summed E-state index contributed by atoms with van der Waals surface area (Å²) in [6.45, 7) is 0. The fourth-order valence-corrected chi connectivity index (χ4v) is 3.03. The first-order chi connectivity index (χ1) is 13.8. The van der Waals surface area contributed by atoms with Crippen LogP contribution in [-0.2, 0) is 0 Å². The van der Waals surface area contributed by atoms with E-state index in [4.69, 9.17) is 0 Å². The van der Waals surface area contributed by atoms with E-state index in [1.807, 2.05) is 24.3 Å². The second kappa shape index (κ2) is 6.69. The number of hydrogen-bond donors (Lipinski definition) is 1. The highest BCUT2D eigenvalue weighted by molar-refractivity contribution is 6.03. The molecule has 0 atom stereocenters. The zero-order valence-corrected chi connectivity index (χ0v) is 14.8. The van der Waals surface area contributed by atoms with E-state index in [2.05, 4.69) is 35.1 Å². The van der Waals surface area contributed by atoms with Crippen molar-refractivity contribution in [3.8, 4) is 17.1 Å². The van der Waals surface area contributed by atoms with Crippen LogP contribution >= 0.6 is 0 Å². The van der Waals surface area contributed by atoms with Gasteiger partial charge < -0.3 is 9.88 Å². The number of benzene rings is 1. The molecular formula is C19H16N8O. The molecule has 1 aliphatic carbocycles. The van der Waals surface area contributed by atoms with E-state index in [1.165, 1.54) is 6.33 Å². The summed E-state index contributed by atoms with van der Waals surface area (Å²) in [6.07, 6.45) is 8.63. The number of pyridine rings is 1. The third kappa shape index (κ3) is 3.13. The van der Waals surface area contributed by atoms with Gasteiger partial charge in [-0.3, -0.25) is 9.78 Å². The van der Waals surface area contributed by atoms with Crippen LogP contribution in [0.15, 0.2) is 61.6 Å². The van der Waals surface area contributed by atoms with Gasteiger partial charge in [0.25, 0.3) is 5.91 Å². The molecule has 0 unspecified atom stereocenters. The lowest BCUT2D eigenvalue weighted by atomic mass is 10.2. The summed E-state index contributed by atoms with van der Waals surface area (Å²) in [5, 5.41) is 15.2. The minimum absolute atomic E-state index is 0.291. The minimum atomic E-state index is -0.303. The average Bonchev–Trinajstić information content (AvgIpc) is 3.21. The summed E-state index contributed by atoms with van der Waals surface area (Å²) in [7, 11) is 0. The van der Waals surface area contributed by atoms with E-state index >= 15 is 0 Å². The predicted octanol–water partition coefficient (Wildman–Crippen LogP) is 2.51.